The summed E-state index contributed by atoms with van der Waals surface area (Å²) in [6, 6.07) is 8.66. The molecule has 0 unspecified atom stereocenters. The second-order valence-electron chi connectivity index (χ2n) is 4.32. The summed E-state index contributed by atoms with van der Waals surface area (Å²) in [6.45, 7) is 4.75. The molecule has 0 bridgehead atoms. The van der Waals surface area contributed by atoms with Crippen LogP contribution in [-0.2, 0) is 0 Å². The smallest absolute Gasteiger partial charge is 0.0366 e. The van der Waals surface area contributed by atoms with Crippen LogP contribution in [0.15, 0.2) is 28.7 Å². The summed E-state index contributed by atoms with van der Waals surface area (Å²) in [5.74, 6) is 0.955. The van der Waals surface area contributed by atoms with Gasteiger partial charge >= 0.3 is 0 Å². The maximum Gasteiger partial charge on any atom is 0.0366 e. The molecule has 0 saturated carbocycles. The normalized spacial score (nSPS) is 18.1. The molecule has 0 aromatic heterocycles. The van der Waals surface area contributed by atoms with E-state index in [4.69, 9.17) is 0 Å². The van der Waals surface area contributed by atoms with E-state index in [-0.39, 0.29) is 0 Å². The van der Waals surface area contributed by atoms with Crippen LogP contribution in [0.4, 0.5) is 5.69 Å². The van der Waals surface area contributed by atoms with Crippen LogP contribution in [0.3, 0.4) is 0 Å². The van der Waals surface area contributed by atoms with Crippen LogP contribution in [-0.4, -0.2) is 13.1 Å². The standard InChI is InChI=1S/C13H18BrN/c1-2-11-7-9-15(10-8-11)13-5-3-12(14)4-6-13/h3-6,11H,2,7-10H2,1H3. The molecule has 1 fully saturated rings. The second-order valence-corrected chi connectivity index (χ2v) is 5.23. The monoisotopic (exact) mass is 267 g/mol. The maximum absolute atomic E-state index is 3.47. The molecule has 0 spiro atoms. The number of nitrogens with zero attached hydrogens (tertiary/aromatic N) is 1. The van der Waals surface area contributed by atoms with E-state index in [0.29, 0.717) is 0 Å². The molecule has 0 aliphatic carbocycles. The van der Waals surface area contributed by atoms with Gasteiger partial charge in [-0.3, -0.25) is 0 Å². The number of hydrogen-bond donors (Lipinski definition) is 0. The fraction of sp³-hybridized carbons (Fsp3) is 0.538. The molecule has 1 nitrogen and oxygen atoms in total. The number of rotatable bonds is 2. The lowest BCUT2D eigenvalue weighted by molar-refractivity contribution is 0.395. The predicted octanol–water partition coefficient (Wildman–Crippen LogP) is 4.08. The molecule has 1 saturated heterocycles. The van der Waals surface area contributed by atoms with Crippen LogP contribution < -0.4 is 4.90 Å². The van der Waals surface area contributed by atoms with Crippen LogP contribution in [0, 0.1) is 5.92 Å². The Bertz CT molecular complexity index is 299. The molecule has 2 rings (SSSR count). The zero-order valence-electron chi connectivity index (χ0n) is 9.25. The van der Waals surface area contributed by atoms with Crippen LogP contribution in [0.25, 0.3) is 0 Å². The number of benzene rings is 1. The van der Waals surface area contributed by atoms with Gasteiger partial charge < -0.3 is 4.90 Å². The molecule has 1 aromatic rings. The summed E-state index contributed by atoms with van der Waals surface area (Å²) in [7, 11) is 0. The number of halogens is 1. The predicted molar refractivity (Wildman–Crippen MR) is 69.4 cm³/mol. The Labute approximate surface area is 101 Å². The minimum atomic E-state index is 0.955. The Hall–Kier alpha value is -0.500. The highest BCUT2D eigenvalue weighted by Crippen LogP contribution is 2.25. The summed E-state index contributed by atoms with van der Waals surface area (Å²) < 4.78 is 1.16. The van der Waals surface area contributed by atoms with Gasteiger partial charge in [0.2, 0.25) is 0 Å². The molecular formula is C13H18BrN. The zero-order valence-corrected chi connectivity index (χ0v) is 10.8. The minimum absolute atomic E-state index is 0.955. The van der Waals surface area contributed by atoms with Crippen molar-refractivity contribution in [3.05, 3.63) is 28.7 Å². The molecule has 2 heteroatoms. The quantitative estimate of drug-likeness (QED) is 0.781. The topological polar surface area (TPSA) is 3.24 Å². The van der Waals surface area contributed by atoms with E-state index < -0.39 is 0 Å². The first kappa shape index (κ1) is 11.0. The van der Waals surface area contributed by atoms with Gasteiger partial charge in [-0.05, 0) is 43.0 Å². The average molecular weight is 268 g/mol. The largest absolute Gasteiger partial charge is 0.372 e. The Morgan fingerprint density at radius 3 is 2.33 bits per heavy atom. The summed E-state index contributed by atoms with van der Waals surface area (Å²) in [6.07, 6.45) is 4.05. The summed E-state index contributed by atoms with van der Waals surface area (Å²) in [4.78, 5) is 2.50. The van der Waals surface area contributed by atoms with Crippen molar-refractivity contribution in [1.82, 2.24) is 0 Å². The number of hydrogen-bond acceptors (Lipinski definition) is 1. The second kappa shape index (κ2) is 5.02. The third kappa shape index (κ3) is 2.75. The van der Waals surface area contributed by atoms with Gasteiger partial charge in [0.25, 0.3) is 0 Å². The number of piperidine rings is 1. The lowest BCUT2D eigenvalue weighted by Crippen LogP contribution is -2.33. The van der Waals surface area contributed by atoms with Gasteiger partial charge in [0.1, 0.15) is 0 Å². The first-order valence-corrected chi connectivity index (χ1v) is 6.59. The Kier molecular flexibility index (Phi) is 3.68. The van der Waals surface area contributed by atoms with Gasteiger partial charge in [-0.15, -0.1) is 0 Å². The van der Waals surface area contributed by atoms with E-state index in [1.54, 1.807) is 0 Å². The Morgan fingerprint density at radius 2 is 1.80 bits per heavy atom. The van der Waals surface area contributed by atoms with Crippen LogP contribution in [0.2, 0.25) is 0 Å². The minimum Gasteiger partial charge on any atom is -0.372 e. The van der Waals surface area contributed by atoms with Gasteiger partial charge in [-0.1, -0.05) is 29.3 Å². The van der Waals surface area contributed by atoms with E-state index in [2.05, 4.69) is 52.0 Å². The van der Waals surface area contributed by atoms with Crippen molar-refractivity contribution < 1.29 is 0 Å². The highest BCUT2D eigenvalue weighted by Gasteiger charge is 2.17. The Morgan fingerprint density at radius 1 is 1.20 bits per heavy atom. The van der Waals surface area contributed by atoms with Crippen LogP contribution in [0.1, 0.15) is 26.2 Å². The van der Waals surface area contributed by atoms with Crippen molar-refractivity contribution in [2.75, 3.05) is 18.0 Å². The van der Waals surface area contributed by atoms with E-state index in [0.717, 1.165) is 10.4 Å². The fourth-order valence-electron chi connectivity index (χ4n) is 2.25. The maximum atomic E-state index is 3.47. The van der Waals surface area contributed by atoms with Crippen molar-refractivity contribution in [3.8, 4) is 0 Å². The van der Waals surface area contributed by atoms with Gasteiger partial charge in [0, 0.05) is 23.2 Å². The third-order valence-electron chi connectivity index (χ3n) is 3.38. The summed E-state index contributed by atoms with van der Waals surface area (Å²) in [5, 5.41) is 0. The molecule has 0 N–H and O–H groups in total. The van der Waals surface area contributed by atoms with Gasteiger partial charge in [-0.2, -0.15) is 0 Å². The number of anilines is 1. The molecule has 15 heavy (non-hydrogen) atoms. The first-order chi connectivity index (χ1) is 7.29. The van der Waals surface area contributed by atoms with Crippen LogP contribution in [0.5, 0.6) is 0 Å². The highest BCUT2D eigenvalue weighted by atomic mass is 79.9. The van der Waals surface area contributed by atoms with Crippen molar-refractivity contribution >= 4 is 21.6 Å². The molecule has 1 aliphatic rings. The van der Waals surface area contributed by atoms with E-state index in [1.165, 1.54) is 38.0 Å². The SMILES string of the molecule is CCC1CCN(c2ccc(Br)cc2)CC1. The van der Waals surface area contributed by atoms with Crippen molar-refractivity contribution in [2.45, 2.75) is 26.2 Å². The molecule has 1 aromatic carbocycles. The van der Waals surface area contributed by atoms with E-state index >= 15 is 0 Å². The highest BCUT2D eigenvalue weighted by molar-refractivity contribution is 9.10. The lowest BCUT2D eigenvalue weighted by atomic mass is 9.94. The molecule has 0 atom stereocenters. The average Bonchev–Trinajstić information content (AvgIpc) is 2.30. The van der Waals surface area contributed by atoms with Crippen molar-refractivity contribution in [1.29, 1.82) is 0 Å². The summed E-state index contributed by atoms with van der Waals surface area (Å²) >= 11 is 3.47. The van der Waals surface area contributed by atoms with Gasteiger partial charge in [0.15, 0.2) is 0 Å². The molecular weight excluding hydrogens is 250 g/mol. The van der Waals surface area contributed by atoms with E-state index in [1.807, 2.05) is 0 Å². The fourth-order valence-corrected chi connectivity index (χ4v) is 2.52. The van der Waals surface area contributed by atoms with Gasteiger partial charge in [-0.25, -0.2) is 0 Å². The van der Waals surface area contributed by atoms with E-state index in [9.17, 15) is 0 Å². The van der Waals surface area contributed by atoms with Gasteiger partial charge in [0.05, 0.1) is 0 Å². The molecule has 1 heterocycles. The molecule has 0 amide bonds. The third-order valence-corrected chi connectivity index (χ3v) is 3.91. The first-order valence-electron chi connectivity index (χ1n) is 5.80. The molecule has 0 radical (unpaired) electrons. The Balaban J connectivity index is 1.98. The van der Waals surface area contributed by atoms with Crippen molar-refractivity contribution in [2.24, 2.45) is 5.92 Å². The van der Waals surface area contributed by atoms with Crippen LogP contribution >= 0.6 is 15.9 Å². The van der Waals surface area contributed by atoms with Crippen molar-refractivity contribution in [3.63, 3.8) is 0 Å². The summed E-state index contributed by atoms with van der Waals surface area (Å²) in [5.41, 5.74) is 1.37. The zero-order chi connectivity index (χ0) is 10.7. The molecule has 1 aliphatic heterocycles. The molecule has 82 valence electrons. The lowest BCUT2D eigenvalue weighted by Gasteiger charge is -2.33.